The van der Waals surface area contributed by atoms with E-state index in [2.05, 4.69) is 4.98 Å². The summed E-state index contributed by atoms with van der Waals surface area (Å²) in [5.74, 6) is -1.33. The largest absolute Gasteiger partial charge is 0.477 e. The van der Waals surface area contributed by atoms with Crippen molar-refractivity contribution in [3.8, 4) is 0 Å². The van der Waals surface area contributed by atoms with Crippen LogP contribution >= 0.6 is 11.8 Å². The number of aromatic nitrogens is 2. The zero-order valence-corrected chi connectivity index (χ0v) is 10.6. The molecule has 0 bridgehead atoms. The Hall–Kier alpha value is -2.35. The zero-order chi connectivity index (χ0) is 14.0. The Morgan fingerprint density at radius 2 is 2.26 bits per heavy atom. The van der Waals surface area contributed by atoms with Crippen LogP contribution in [0.2, 0.25) is 0 Å². The van der Waals surface area contributed by atoms with E-state index >= 15 is 0 Å². The van der Waals surface area contributed by atoms with Gasteiger partial charge in [-0.05, 0) is 23.9 Å². The van der Waals surface area contributed by atoms with Crippen LogP contribution in [-0.2, 0) is 7.05 Å². The number of para-hydroxylation sites is 1. The zero-order valence-electron chi connectivity index (χ0n) is 9.81. The van der Waals surface area contributed by atoms with Crippen molar-refractivity contribution in [3.05, 3.63) is 46.3 Å². The third-order valence-electron chi connectivity index (χ3n) is 2.39. The number of carbonyl (C=O) groups is 1. The van der Waals surface area contributed by atoms with Crippen molar-refractivity contribution in [1.82, 2.24) is 9.55 Å². The summed E-state index contributed by atoms with van der Waals surface area (Å²) < 4.78 is 1.70. The summed E-state index contributed by atoms with van der Waals surface area (Å²) in [4.78, 5) is 25.7. The fourth-order valence-corrected chi connectivity index (χ4v) is 2.46. The van der Waals surface area contributed by atoms with Crippen LogP contribution in [-0.4, -0.2) is 25.6 Å². The van der Waals surface area contributed by atoms with E-state index in [9.17, 15) is 14.9 Å². The lowest BCUT2D eigenvalue weighted by Gasteiger charge is -2.05. The molecule has 0 spiro atoms. The number of hydrogen-bond acceptors (Lipinski definition) is 5. The number of aromatic carboxylic acids is 1. The van der Waals surface area contributed by atoms with Gasteiger partial charge in [-0.3, -0.25) is 10.1 Å². The van der Waals surface area contributed by atoms with Crippen molar-refractivity contribution in [2.75, 3.05) is 0 Å². The highest BCUT2D eigenvalue weighted by atomic mass is 32.2. The van der Waals surface area contributed by atoms with E-state index < -0.39 is 16.6 Å². The van der Waals surface area contributed by atoms with E-state index in [4.69, 9.17) is 5.11 Å². The van der Waals surface area contributed by atoms with Crippen molar-refractivity contribution in [2.45, 2.75) is 10.1 Å². The van der Waals surface area contributed by atoms with E-state index in [1.807, 2.05) is 0 Å². The van der Waals surface area contributed by atoms with Crippen LogP contribution in [0, 0.1) is 10.1 Å². The highest BCUT2D eigenvalue weighted by Gasteiger charge is 2.25. The smallest absolute Gasteiger partial charge is 0.342 e. The minimum absolute atomic E-state index is 0.249. The molecule has 0 aliphatic heterocycles. The molecule has 8 heteroatoms. The van der Waals surface area contributed by atoms with Crippen LogP contribution in [0.15, 0.2) is 40.6 Å². The van der Waals surface area contributed by atoms with Crippen LogP contribution in [0.3, 0.4) is 0 Å². The van der Waals surface area contributed by atoms with Crippen LogP contribution in [0.25, 0.3) is 0 Å². The molecule has 1 aromatic carbocycles. The first-order valence-electron chi connectivity index (χ1n) is 5.16. The molecule has 0 saturated carbocycles. The predicted molar refractivity (Wildman–Crippen MR) is 67.4 cm³/mol. The van der Waals surface area contributed by atoms with Crippen LogP contribution in [0.5, 0.6) is 0 Å². The molecule has 2 aromatic rings. The summed E-state index contributed by atoms with van der Waals surface area (Å²) in [5.41, 5.74) is -0.743. The van der Waals surface area contributed by atoms with Crippen molar-refractivity contribution in [2.24, 2.45) is 7.05 Å². The average Bonchev–Trinajstić information content (AvgIpc) is 2.74. The predicted octanol–water partition coefficient (Wildman–Crippen LogP) is 2.18. The molecule has 0 unspecified atom stereocenters. The molecule has 0 fully saturated rings. The highest BCUT2D eigenvalue weighted by molar-refractivity contribution is 7.99. The number of hydrogen-bond donors (Lipinski definition) is 1. The Labute approximate surface area is 112 Å². The third kappa shape index (κ3) is 2.58. The van der Waals surface area contributed by atoms with Gasteiger partial charge in [-0.1, -0.05) is 6.07 Å². The molecule has 7 nitrogen and oxygen atoms in total. The first-order chi connectivity index (χ1) is 9.00. The van der Waals surface area contributed by atoms with Gasteiger partial charge < -0.3 is 9.67 Å². The topological polar surface area (TPSA) is 98.3 Å². The van der Waals surface area contributed by atoms with Crippen molar-refractivity contribution in [1.29, 1.82) is 0 Å². The molecule has 0 aliphatic carbocycles. The molecule has 1 heterocycles. The maximum Gasteiger partial charge on any atom is 0.342 e. The molecule has 2 rings (SSSR count). The van der Waals surface area contributed by atoms with Crippen LogP contribution < -0.4 is 0 Å². The molecular weight excluding hydrogens is 270 g/mol. The molecule has 19 heavy (non-hydrogen) atoms. The van der Waals surface area contributed by atoms with Gasteiger partial charge >= 0.3 is 5.97 Å². The number of benzene rings is 1. The lowest BCUT2D eigenvalue weighted by Crippen LogP contribution is -2.04. The minimum atomic E-state index is -1.33. The lowest BCUT2D eigenvalue weighted by molar-refractivity contribution is -0.388. The number of nitrogens with zero attached hydrogens (tertiary/aromatic N) is 3. The van der Waals surface area contributed by atoms with Crippen LogP contribution in [0.1, 0.15) is 10.4 Å². The summed E-state index contributed by atoms with van der Waals surface area (Å²) in [5, 5.41) is 20.6. The van der Waals surface area contributed by atoms with Gasteiger partial charge in [0.15, 0.2) is 5.16 Å². The Bertz CT molecular complexity index is 653. The average molecular weight is 279 g/mol. The molecule has 0 amide bonds. The van der Waals surface area contributed by atoms with Gasteiger partial charge in [-0.2, -0.15) is 0 Å². The Balaban J connectivity index is 2.51. The van der Waals surface area contributed by atoms with E-state index in [0.29, 0.717) is 5.16 Å². The Kier molecular flexibility index (Phi) is 3.52. The number of carboxylic acids is 1. The first kappa shape index (κ1) is 13.1. The monoisotopic (exact) mass is 279 g/mol. The maximum absolute atomic E-state index is 11.1. The van der Waals surface area contributed by atoms with Gasteiger partial charge in [-0.15, -0.1) is 0 Å². The molecule has 0 aliphatic rings. The Morgan fingerprint density at radius 3 is 2.79 bits per heavy atom. The summed E-state index contributed by atoms with van der Waals surface area (Å²) in [7, 11) is 1.75. The summed E-state index contributed by atoms with van der Waals surface area (Å²) in [6, 6.07) is 4.19. The van der Waals surface area contributed by atoms with E-state index in [1.165, 1.54) is 18.2 Å². The molecule has 1 N–H and O–H groups in total. The third-order valence-corrected chi connectivity index (χ3v) is 3.52. The quantitative estimate of drug-likeness (QED) is 0.680. The number of nitro groups is 1. The van der Waals surface area contributed by atoms with E-state index in [-0.39, 0.29) is 10.5 Å². The molecule has 0 radical (unpaired) electrons. The normalized spacial score (nSPS) is 10.4. The fraction of sp³-hybridized carbons (Fsp3) is 0.0909. The van der Waals surface area contributed by atoms with Gasteiger partial charge in [0.05, 0.1) is 9.82 Å². The second kappa shape index (κ2) is 5.11. The number of carboxylic acid groups (broad SMARTS) is 1. The second-order valence-corrected chi connectivity index (χ2v) is 4.65. The molecule has 0 saturated heterocycles. The molecule has 98 valence electrons. The molecular formula is C11H9N3O4S. The second-order valence-electron chi connectivity index (χ2n) is 3.64. The fourth-order valence-electron chi connectivity index (χ4n) is 1.51. The lowest BCUT2D eigenvalue weighted by atomic mass is 10.2. The van der Waals surface area contributed by atoms with Gasteiger partial charge in [0.25, 0.3) is 5.69 Å². The van der Waals surface area contributed by atoms with E-state index in [0.717, 1.165) is 11.8 Å². The first-order valence-corrected chi connectivity index (χ1v) is 5.98. The summed E-state index contributed by atoms with van der Waals surface area (Å²) in [6.45, 7) is 0. The molecule has 1 aromatic heterocycles. The standard InChI is InChI=1S/C11H9N3O4S/c1-13-6-5-12-11(13)19-8-4-2-3-7(10(15)16)9(8)14(17)18/h2-6H,1H3,(H,15,16). The van der Waals surface area contributed by atoms with Crippen molar-refractivity contribution >= 4 is 23.4 Å². The minimum Gasteiger partial charge on any atom is -0.477 e. The van der Waals surface area contributed by atoms with Gasteiger partial charge in [0, 0.05) is 19.4 Å². The van der Waals surface area contributed by atoms with Crippen LogP contribution in [0.4, 0.5) is 5.69 Å². The van der Waals surface area contributed by atoms with Crippen molar-refractivity contribution < 1.29 is 14.8 Å². The van der Waals surface area contributed by atoms with Gasteiger partial charge in [-0.25, -0.2) is 9.78 Å². The summed E-state index contributed by atoms with van der Waals surface area (Å²) >= 11 is 1.05. The highest BCUT2D eigenvalue weighted by Crippen LogP contribution is 2.35. The number of rotatable bonds is 4. The van der Waals surface area contributed by atoms with E-state index in [1.54, 1.807) is 24.0 Å². The van der Waals surface area contributed by atoms with Crippen molar-refractivity contribution in [3.63, 3.8) is 0 Å². The number of imidazole rings is 1. The number of nitro benzene ring substituents is 1. The maximum atomic E-state index is 11.1. The number of aryl methyl sites for hydroxylation is 1. The Morgan fingerprint density at radius 1 is 1.53 bits per heavy atom. The SMILES string of the molecule is Cn1ccnc1Sc1cccc(C(=O)O)c1[N+](=O)[O-]. The van der Waals surface area contributed by atoms with Gasteiger partial charge in [0.1, 0.15) is 5.56 Å². The molecule has 0 atom stereocenters. The summed E-state index contributed by atoms with van der Waals surface area (Å²) in [6.07, 6.45) is 3.27. The van der Waals surface area contributed by atoms with Gasteiger partial charge in [0.2, 0.25) is 0 Å².